The van der Waals surface area contributed by atoms with Gasteiger partial charge in [0.05, 0.1) is 7.11 Å². The number of ether oxygens (including phenoxy) is 1. The largest absolute Gasteiger partial charge is 0.496 e. The number of rotatable bonds is 7. The smallest absolute Gasteiger partial charge is 0.122 e. The summed E-state index contributed by atoms with van der Waals surface area (Å²) in [4.78, 5) is 5.57. The summed E-state index contributed by atoms with van der Waals surface area (Å²) in [6.07, 6.45) is 6.53. The zero-order chi connectivity index (χ0) is 24.4. The Balaban J connectivity index is 1.36. The van der Waals surface area contributed by atoms with E-state index >= 15 is 0 Å². The van der Waals surface area contributed by atoms with E-state index in [0.29, 0.717) is 17.4 Å². The fourth-order valence-corrected chi connectivity index (χ4v) is 7.03. The number of hydrogen-bond donors (Lipinski definition) is 1. The summed E-state index contributed by atoms with van der Waals surface area (Å²) in [7, 11) is 1.80. The molecule has 1 atom stereocenters. The van der Waals surface area contributed by atoms with E-state index in [9.17, 15) is 0 Å². The molecular formula is C31H45N3O. The number of methoxy groups -OCH3 is 1. The third kappa shape index (κ3) is 5.16. The Kier molecular flexibility index (Phi) is 7.52. The molecule has 0 amide bonds. The lowest BCUT2D eigenvalue weighted by Crippen LogP contribution is -2.59. The van der Waals surface area contributed by atoms with Gasteiger partial charge in [-0.2, -0.15) is 0 Å². The molecule has 2 heterocycles. The Morgan fingerprint density at radius 2 is 1.83 bits per heavy atom. The summed E-state index contributed by atoms with van der Waals surface area (Å²) in [6, 6.07) is 17.3. The van der Waals surface area contributed by atoms with Crippen LogP contribution in [-0.2, 0) is 13.0 Å². The van der Waals surface area contributed by atoms with Crippen molar-refractivity contribution in [2.24, 2.45) is 5.41 Å². The highest BCUT2D eigenvalue weighted by molar-refractivity contribution is 5.38. The maximum absolute atomic E-state index is 5.69. The Bertz CT molecular complexity index is 988. The molecule has 1 spiro atoms. The van der Waals surface area contributed by atoms with Crippen molar-refractivity contribution in [1.29, 1.82) is 0 Å². The van der Waals surface area contributed by atoms with Gasteiger partial charge in [-0.25, -0.2) is 0 Å². The lowest BCUT2D eigenvalue weighted by Gasteiger charge is -2.57. The molecule has 0 unspecified atom stereocenters. The van der Waals surface area contributed by atoms with Crippen molar-refractivity contribution in [3.63, 3.8) is 0 Å². The highest BCUT2D eigenvalue weighted by Gasteiger charge is 2.49. The van der Waals surface area contributed by atoms with Crippen LogP contribution in [0.3, 0.4) is 0 Å². The van der Waals surface area contributed by atoms with Gasteiger partial charge in [0, 0.05) is 38.3 Å². The van der Waals surface area contributed by atoms with Gasteiger partial charge in [0.1, 0.15) is 5.75 Å². The second-order valence-corrected chi connectivity index (χ2v) is 11.6. The Hall–Kier alpha value is -1.88. The highest BCUT2D eigenvalue weighted by Crippen LogP contribution is 2.52. The number of benzene rings is 2. The van der Waals surface area contributed by atoms with E-state index < -0.39 is 0 Å². The molecule has 5 rings (SSSR count). The fourth-order valence-electron chi connectivity index (χ4n) is 7.03. The van der Waals surface area contributed by atoms with E-state index in [2.05, 4.69) is 78.4 Å². The van der Waals surface area contributed by atoms with Crippen LogP contribution >= 0.6 is 0 Å². The van der Waals surface area contributed by atoms with Crippen LogP contribution in [-0.4, -0.2) is 55.7 Å². The van der Waals surface area contributed by atoms with E-state index in [1.165, 1.54) is 62.0 Å². The van der Waals surface area contributed by atoms with Crippen LogP contribution in [0, 0.1) is 5.41 Å². The number of piperazine rings is 1. The SMILES string of the molecule is CCc1ccc(CN2CCN(C3CC4(CCNCC4)C3)[C@H](c3ccccc3C(C)C)C2)cc1OC. The molecule has 35 heavy (non-hydrogen) atoms. The molecule has 3 fully saturated rings. The van der Waals surface area contributed by atoms with E-state index in [4.69, 9.17) is 4.74 Å². The Morgan fingerprint density at radius 1 is 1.06 bits per heavy atom. The van der Waals surface area contributed by atoms with Gasteiger partial charge in [0.2, 0.25) is 0 Å². The van der Waals surface area contributed by atoms with Gasteiger partial charge in [-0.3, -0.25) is 9.80 Å². The van der Waals surface area contributed by atoms with Crippen molar-refractivity contribution in [3.8, 4) is 5.75 Å². The molecule has 3 aliphatic rings. The first-order valence-corrected chi connectivity index (χ1v) is 14.0. The molecule has 4 heteroatoms. The van der Waals surface area contributed by atoms with Crippen molar-refractivity contribution < 1.29 is 4.74 Å². The quantitative estimate of drug-likeness (QED) is 0.550. The second-order valence-electron chi connectivity index (χ2n) is 11.6. The summed E-state index contributed by atoms with van der Waals surface area (Å²) in [5.74, 6) is 1.58. The highest BCUT2D eigenvalue weighted by atomic mass is 16.5. The van der Waals surface area contributed by atoms with Gasteiger partial charge in [-0.05, 0) is 84.8 Å². The van der Waals surface area contributed by atoms with E-state index in [-0.39, 0.29) is 0 Å². The average Bonchev–Trinajstić information content (AvgIpc) is 2.87. The number of hydrogen-bond acceptors (Lipinski definition) is 4. The Morgan fingerprint density at radius 3 is 2.54 bits per heavy atom. The normalized spacial score (nSPS) is 23.5. The van der Waals surface area contributed by atoms with Gasteiger partial charge in [-0.1, -0.05) is 57.2 Å². The van der Waals surface area contributed by atoms with E-state index in [1.54, 1.807) is 12.7 Å². The third-order valence-corrected chi connectivity index (χ3v) is 9.09. The predicted molar refractivity (Wildman–Crippen MR) is 145 cm³/mol. The molecule has 4 nitrogen and oxygen atoms in total. The van der Waals surface area contributed by atoms with Crippen LogP contribution < -0.4 is 10.1 Å². The van der Waals surface area contributed by atoms with Gasteiger partial charge in [0.15, 0.2) is 0 Å². The molecular weight excluding hydrogens is 430 g/mol. The number of nitrogens with zero attached hydrogens (tertiary/aromatic N) is 2. The molecule has 1 N–H and O–H groups in total. The number of nitrogens with one attached hydrogen (secondary N) is 1. The fraction of sp³-hybridized carbons (Fsp3) is 0.613. The molecule has 0 bridgehead atoms. The zero-order valence-electron chi connectivity index (χ0n) is 22.4. The zero-order valence-corrected chi connectivity index (χ0v) is 22.4. The Labute approximate surface area is 213 Å². The topological polar surface area (TPSA) is 27.7 Å². The number of piperidine rings is 1. The third-order valence-electron chi connectivity index (χ3n) is 9.09. The maximum atomic E-state index is 5.69. The first-order valence-electron chi connectivity index (χ1n) is 14.0. The van der Waals surface area contributed by atoms with Gasteiger partial charge >= 0.3 is 0 Å². The first-order chi connectivity index (χ1) is 17.0. The molecule has 190 valence electrons. The summed E-state index contributed by atoms with van der Waals surface area (Å²) >= 11 is 0. The maximum Gasteiger partial charge on any atom is 0.122 e. The lowest BCUT2D eigenvalue weighted by atomic mass is 9.60. The minimum absolute atomic E-state index is 0.475. The summed E-state index contributed by atoms with van der Waals surface area (Å²) in [5, 5.41) is 3.57. The average molecular weight is 476 g/mol. The molecule has 2 saturated heterocycles. The van der Waals surface area contributed by atoms with Crippen LogP contribution in [0.15, 0.2) is 42.5 Å². The lowest BCUT2D eigenvalue weighted by molar-refractivity contribution is -0.0650. The molecule has 1 saturated carbocycles. The first kappa shape index (κ1) is 24.8. The summed E-state index contributed by atoms with van der Waals surface area (Å²) in [6.45, 7) is 13.7. The van der Waals surface area contributed by atoms with Crippen LogP contribution in [0.1, 0.15) is 80.7 Å². The minimum Gasteiger partial charge on any atom is -0.496 e. The molecule has 2 aromatic rings. The summed E-state index contributed by atoms with van der Waals surface area (Å²) < 4.78 is 5.69. The predicted octanol–water partition coefficient (Wildman–Crippen LogP) is 5.77. The van der Waals surface area contributed by atoms with Crippen molar-refractivity contribution in [1.82, 2.24) is 15.1 Å². The summed E-state index contributed by atoms with van der Waals surface area (Å²) in [5.41, 5.74) is 6.35. The van der Waals surface area contributed by atoms with Crippen LogP contribution in [0.5, 0.6) is 5.75 Å². The molecule has 2 aromatic carbocycles. The van der Waals surface area contributed by atoms with Crippen molar-refractivity contribution >= 4 is 0 Å². The van der Waals surface area contributed by atoms with Gasteiger partial charge < -0.3 is 10.1 Å². The van der Waals surface area contributed by atoms with Gasteiger partial charge in [-0.15, -0.1) is 0 Å². The molecule has 2 aliphatic heterocycles. The molecule has 1 aliphatic carbocycles. The molecule has 0 aromatic heterocycles. The van der Waals surface area contributed by atoms with Crippen molar-refractivity contribution in [2.45, 2.75) is 77.4 Å². The van der Waals surface area contributed by atoms with E-state index in [0.717, 1.165) is 37.8 Å². The van der Waals surface area contributed by atoms with Crippen LogP contribution in [0.25, 0.3) is 0 Å². The van der Waals surface area contributed by atoms with Crippen LogP contribution in [0.2, 0.25) is 0 Å². The van der Waals surface area contributed by atoms with Crippen molar-refractivity contribution in [2.75, 3.05) is 39.8 Å². The minimum atomic E-state index is 0.475. The second kappa shape index (κ2) is 10.6. The van der Waals surface area contributed by atoms with E-state index in [1.807, 2.05) is 0 Å². The number of aryl methyl sites for hydroxylation is 1. The monoisotopic (exact) mass is 475 g/mol. The standard InChI is InChI=1S/C31H45N3O/c1-5-25-11-10-24(18-30(25)35-4)21-33-16-17-34(26-19-31(20-26)12-14-32-15-13-31)29(22-33)28-9-7-6-8-27(28)23(2)3/h6-11,18,23,26,29,32H,5,12-17,19-22H2,1-4H3/t29-/m0/s1. The molecule has 0 radical (unpaired) electrons. The van der Waals surface area contributed by atoms with Gasteiger partial charge in [0.25, 0.3) is 0 Å². The van der Waals surface area contributed by atoms with Crippen LogP contribution in [0.4, 0.5) is 0 Å². The van der Waals surface area contributed by atoms with Crippen molar-refractivity contribution in [3.05, 3.63) is 64.7 Å².